The van der Waals surface area contributed by atoms with E-state index in [2.05, 4.69) is 27.1 Å². The van der Waals surface area contributed by atoms with E-state index in [-0.39, 0.29) is 18.3 Å². The molecule has 1 aliphatic heterocycles. The van der Waals surface area contributed by atoms with Gasteiger partial charge in [0.25, 0.3) is 0 Å². The molecule has 1 aliphatic rings. The molecule has 112 valence electrons. The molecule has 1 amide bonds. The normalized spacial score (nSPS) is 17.3. The topological polar surface area (TPSA) is 54.0 Å². The van der Waals surface area contributed by atoms with Crippen molar-refractivity contribution in [3.63, 3.8) is 0 Å². The van der Waals surface area contributed by atoms with Crippen molar-refractivity contribution >= 4 is 34.8 Å². The van der Waals surface area contributed by atoms with E-state index in [1.165, 1.54) is 18.5 Å². The Morgan fingerprint density at radius 2 is 2.14 bits per heavy atom. The Morgan fingerprint density at radius 3 is 2.76 bits per heavy atom. The first-order valence-corrected chi connectivity index (χ1v) is 7.56. The smallest absolute Gasteiger partial charge is 0.221 e. The summed E-state index contributed by atoms with van der Waals surface area (Å²) in [5, 5.41) is 7.14. The van der Waals surface area contributed by atoms with E-state index in [1.807, 2.05) is 18.2 Å². The molecule has 2 heterocycles. The fraction of sp³-hybridized carbons (Fsp3) is 0.333. The van der Waals surface area contributed by atoms with Crippen LogP contribution >= 0.6 is 23.9 Å². The number of anilines is 1. The lowest BCUT2D eigenvalue weighted by Crippen LogP contribution is -2.09. The van der Waals surface area contributed by atoms with Crippen LogP contribution in [0, 0.1) is 0 Å². The SMILES string of the molecule is CC(=O)Nc1snc(C2CCNC2)c1-c1ccccc1.Cl. The Balaban J connectivity index is 0.00000161. The summed E-state index contributed by atoms with van der Waals surface area (Å²) in [6.07, 6.45) is 1.10. The van der Waals surface area contributed by atoms with Gasteiger partial charge >= 0.3 is 0 Å². The first-order chi connectivity index (χ1) is 9.75. The lowest BCUT2D eigenvalue weighted by Gasteiger charge is -2.10. The van der Waals surface area contributed by atoms with Crippen LogP contribution in [0.2, 0.25) is 0 Å². The monoisotopic (exact) mass is 323 g/mol. The van der Waals surface area contributed by atoms with Crippen LogP contribution in [0.5, 0.6) is 0 Å². The van der Waals surface area contributed by atoms with E-state index in [9.17, 15) is 4.79 Å². The number of amides is 1. The van der Waals surface area contributed by atoms with Crippen LogP contribution in [0.25, 0.3) is 11.1 Å². The number of halogens is 1. The third-order valence-corrected chi connectivity index (χ3v) is 4.29. The van der Waals surface area contributed by atoms with Gasteiger partial charge in [0, 0.05) is 24.9 Å². The van der Waals surface area contributed by atoms with E-state index >= 15 is 0 Å². The summed E-state index contributed by atoms with van der Waals surface area (Å²) >= 11 is 1.38. The van der Waals surface area contributed by atoms with Gasteiger partial charge in [-0.15, -0.1) is 12.4 Å². The molecule has 1 saturated heterocycles. The van der Waals surface area contributed by atoms with Gasteiger partial charge in [0.2, 0.25) is 5.91 Å². The number of aromatic nitrogens is 1. The highest BCUT2D eigenvalue weighted by molar-refractivity contribution is 7.11. The van der Waals surface area contributed by atoms with Crippen LogP contribution in [0.1, 0.15) is 25.0 Å². The lowest BCUT2D eigenvalue weighted by molar-refractivity contribution is -0.114. The molecule has 1 atom stereocenters. The van der Waals surface area contributed by atoms with Crippen LogP contribution in [-0.4, -0.2) is 23.4 Å². The van der Waals surface area contributed by atoms with Crippen LogP contribution < -0.4 is 10.6 Å². The second kappa shape index (κ2) is 7.02. The van der Waals surface area contributed by atoms with E-state index in [0.717, 1.165) is 41.3 Å². The highest BCUT2D eigenvalue weighted by atomic mass is 35.5. The highest BCUT2D eigenvalue weighted by Crippen LogP contribution is 2.40. The van der Waals surface area contributed by atoms with Crippen molar-refractivity contribution in [2.24, 2.45) is 0 Å². The Labute approximate surface area is 134 Å². The van der Waals surface area contributed by atoms with Gasteiger partial charge in [-0.3, -0.25) is 4.79 Å². The molecule has 1 fully saturated rings. The fourth-order valence-electron chi connectivity index (χ4n) is 2.60. The molecule has 6 heteroatoms. The van der Waals surface area contributed by atoms with Crippen molar-refractivity contribution in [1.82, 2.24) is 9.69 Å². The molecular weight excluding hydrogens is 306 g/mol. The predicted octanol–water partition coefficient (Wildman–Crippen LogP) is 3.27. The number of carbonyl (C=O) groups excluding carboxylic acids is 1. The molecule has 0 spiro atoms. The summed E-state index contributed by atoms with van der Waals surface area (Å²) in [4.78, 5) is 11.4. The van der Waals surface area contributed by atoms with Gasteiger partial charge in [0.1, 0.15) is 5.00 Å². The molecule has 0 saturated carbocycles. The van der Waals surface area contributed by atoms with Crippen molar-refractivity contribution in [2.45, 2.75) is 19.3 Å². The Kier molecular flexibility index (Phi) is 5.33. The molecule has 1 aromatic carbocycles. The van der Waals surface area contributed by atoms with Gasteiger partial charge in [-0.25, -0.2) is 0 Å². The molecule has 4 nitrogen and oxygen atoms in total. The number of hydrogen-bond donors (Lipinski definition) is 2. The standard InChI is InChI=1S/C15H17N3OS.ClH/c1-10(19)17-15-13(11-5-3-2-4-6-11)14(18-20-15)12-7-8-16-9-12;/h2-6,12,16H,7-9H2,1H3,(H,17,19);1H. The fourth-order valence-corrected chi connectivity index (χ4v) is 3.53. The second-order valence-corrected chi connectivity index (χ2v) is 5.78. The summed E-state index contributed by atoms with van der Waals surface area (Å²) in [7, 11) is 0. The van der Waals surface area contributed by atoms with Crippen molar-refractivity contribution in [3.05, 3.63) is 36.0 Å². The van der Waals surface area contributed by atoms with Crippen molar-refractivity contribution < 1.29 is 4.79 Å². The summed E-state index contributed by atoms with van der Waals surface area (Å²) in [6, 6.07) is 10.2. The van der Waals surface area contributed by atoms with Crippen molar-refractivity contribution in [1.29, 1.82) is 0 Å². The largest absolute Gasteiger partial charge is 0.316 e. The molecular formula is C15H18ClN3OS. The zero-order chi connectivity index (χ0) is 13.9. The summed E-state index contributed by atoms with van der Waals surface area (Å²) in [5.74, 6) is 0.380. The number of hydrogen-bond acceptors (Lipinski definition) is 4. The minimum Gasteiger partial charge on any atom is -0.316 e. The lowest BCUT2D eigenvalue weighted by atomic mass is 9.96. The van der Waals surface area contributed by atoms with Gasteiger partial charge in [-0.05, 0) is 30.1 Å². The minimum atomic E-state index is -0.0538. The number of rotatable bonds is 3. The maximum absolute atomic E-state index is 11.4. The molecule has 0 bridgehead atoms. The van der Waals surface area contributed by atoms with E-state index in [1.54, 1.807) is 0 Å². The predicted molar refractivity (Wildman–Crippen MR) is 89.3 cm³/mol. The van der Waals surface area contributed by atoms with Crippen LogP contribution in [-0.2, 0) is 4.79 Å². The number of nitrogens with one attached hydrogen (secondary N) is 2. The average Bonchev–Trinajstić information content (AvgIpc) is 3.07. The Bertz CT molecular complexity index is 609. The summed E-state index contributed by atoms with van der Waals surface area (Å²) in [5.41, 5.74) is 3.31. The molecule has 0 radical (unpaired) electrons. The van der Waals surface area contributed by atoms with Crippen molar-refractivity contribution in [3.8, 4) is 11.1 Å². The first-order valence-electron chi connectivity index (χ1n) is 6.79. The molecule has 3 rings (SSSR count). The second-order valence-electron chi connectivity index (χ2n) is 5.01. The molecule has 1 aromatic heterocycles. The molecule has 21 heavy (non-hydrogen) atoms. The van der Waals surface area contributed by atoms with E-state index < -0.39 is 0 Å². The Hall–Kier alpha value is -1.43. The quantitative estimate of drug-likeness (QED) is 0.911. The maximum Gasteiger partial charge on any atom is 0.221 e. The van der Waals surface area contributed by atoms with Crippen molar-refractivity contribution in [2.75, 3.05) is 18.4 Å². The summed E-state index contributed by atoms with van der Waals surface area (Å²) in [6.45, 7) is 3.53. The first kappa shape index (κ1) is 15.9. The highest BCUT2D eigenvalue weighted by Gasteiger charge is 2.25. The molecule has 2 N–H and O–H groups in total. The third kappa shape index (κ3) is 3.43. The van der Waals surface area contributed by atoms with Gasteiger partial charge in [-0.1, -0.05) is 30.3 Å². The van der Waals surface area contributed by atoms with Crippen LogP contribution in [0.3, 0.4) is 0 Å². The van der Waals surface area contributed by atoms with Crippen LogP contribution in [0.4, 0.5) is 5.00 Å². The zero-order valence-corrected chi connectivity index (χ0v) is 13.4. The molecule has 0 aliphatic carbocycles. The summed E-state index contributed by atoms with van der Waals surface area (Å²) < 4.78 is 4.61. The number of nitrogens with zero attached hydrogens (tertiary/aromatic N) is 1. The van der Waals surface area contributed by atoms with E-state index in [0.29, 0.717) is 5.92 Å². The van der Waals surface area contributed by atoms with Gasteiger partial charge in [0.15, 0.2) is 0 Å². The molecule has 2 aromatic rings. The number of benzene rings is 1. The van der Waals surface area contributed by atoms with Crippen LogP contribution in [0.15, 0.2) is 30.3 Å². The molecule has 1 unspecified atom stereocenters. The minimum absolute atomic E-state index is 0. The zero-order valence-electron chi connectivity index (χ0n) is 11.8. The van der Waals surface area contributed by atoms with Gasteiger partial charge < -0.3 is 10.6 Å². The number of carbonyl (C=O) groups is 1. The maximum atomic E-state index is 11.4. The van der Waals surface area contributed by atoms with E-state index in [4.69, 9.17) is 0 Å². The average molecular weight is 324 g/mol. The van der Waals surface area contributed by atoms with Gasteiger partial charge in [-0.2, -0.15) is 4.37 Å². The van der Waals surface area contributed by atoms with Gasteiger partial charge in [0.05, 0.1) is 5.69 Å². The third-order valence-electron chi connectivity index (χ3n) is 3.52. The Morgan fingerprint density at radius 1 is 1.38 bits per heavy atom.